The average Bonchev–Trinajstić information content (AvgIpc) is 2.86. The van der Waals surface area contributed by atoms with E-state index in [0.717, 1.165) is 19.4 Å². The maximum Gasteiger partial charge on any atom is 0.176 e. The Hall–Kier alpha value is -1.42. The fraction of sp³-hybridized carbons (Fsp3) is 0.562. The Morgan fingerprint density at radius 1 is 1.50 bits per heavy atom. The smallest absolute Gasteiger partial charge is 0.176 e. The zero-order valence-corrected chi connectivity index (χ0v) is 12.4. The van der Waals surface area contributed by atoms with E-state index < -0.39 is 5.82 Å². The highest BCUT2D eigenvalue weighted by Gasteiger charge is 2.28. The molecule has 3 nitrogen and oxygen atoms in total. The molecule has 0 amide bonds. The summed E-state index contributed by atoms with van der Waals surface area (Å²) < 4.78 is 18.5. The predicted molar refractivity (Wildman–Crippen MR) is 76.7 cm³/mol. The summed E-state index contributed by atoms with van der Waals surface area (Å²) in [7, 11) is 1.41. The van der Waals surface area contributed by atoms with Crippen molar-refractivity contribution in [3.8, 4) is 5.75 Å². The second kappa shape index (κ2) is 6.35. The second-order valence-electron chi connectivity index (χ2n) is 5.70. The Morgan fingerprint density at radius 3 is 2.85 bits per heavy atom. The third-order valence-corrected chi connectivity index (χ3v) is 4.00. The van der Waals surface area contributed by atoms with Gasteiger partial charge in [0.1, 0.15) is 0 Å². The summed E-state index contributed by atoms with van der Waals surface area (Å²) in [6, 6.07) is 4.86. The number of halogens is 1. The second-order valence-corrected chi connectivity index (χ2v) is 5.70. The number of Topliss-reactive ketones (excluding diaryl/α,β-unsaturated/α-hetero) is 1. The van der Waals surface area contributed by atoms with Gasteiger partial charge in [0.15, 0.2) is 17.3 Å². The van der Waals surface area contributed by atoms with Gasteiger partial charge in [-0.1, -0.05) is 13.8 Å². The minimum atomic E-state index is -0.486. The van der Waals surface area contributed by atoms with Crippen molar-refractivity contribution in [1.29, 1.82) is 0 Å². The van der Waals surface area contributed by atoms with E-state index in [1.54, 1.807) is 6.07 Å². The number of rotatable bonds is 5. The van der Waals surface area contributed by atoms with Gasteiger partial charge < -0.3 is 4.74 Å². The number of carbonyl (C=O) groups excluding carboxylic acids is 1. The van der Waals surface area contributed by atoms with E-state index in [1.807, 2.05) is 0 Å². The summed E-state index contributed by atoms with van der Waals surface area (Å²) >= 11 is 0. The van der Waals surface area contributed by atoms with Crippen molar-refractivity contribution >= 4 is 5.78 Å². The molecule has 1 fully saturated rings. The lowest BCUT2D eigenvalue weighted by molar-refractivity contribution is 0.0903. The first-order chi connectivity index (χ1) is 9.52. The van der Waals surface area contributed by atoms with Gasteiger partial charge in [0, 0.05) is 11.6 Å². The molecule has 1 unspecified atom stereocenters. The zero-order chi connectivity index (χ0) is 14.7. The summed E-state index contributed by atoms with van der Waals surface area (Å²) in [6.07, 6.45) is 2.27. The number of methoxy groups -OCH3 is 1. The van der Waals surface area contributed by atoms with Crippen LogP contribution in [-0.4, -0.2) is 36.9 Å². The first kappa shape index (κ1) is 15.0. The summed E-state index contributed by atoms with van der Waals surface area (Å²) in [4.78, 5) is 14.5. The number of nitrogens with zero attached hydrogens (tertiary/aromatic N) is 1. The molecule has 1 saturated heterocycles. The van der Waals surface area contributed by atoms with Crippen LogP contribution >= 0.6 is 0 Å². The Balaban J connectivity index is 2.06. The Morgan fingerprint density at radius 2 is 2.25 bits per heavy atom. The largest absolute Gasteiger partial charge is 0.494 e. The van der Waals surface area contributed by atoms with Crippen LogP contribution < -0.4 is 4.74 Å². The lowest BCUT2D eigenvalue weighted by atomic mass is 10.0. The van der Waals surface area contributed by atoms with Crippen LogP contribution in [0.5, 0.6) is 5.75 Å². The van der Waals surface area contributed by atoms with Gasteiger partial charge in [-0.25, -0.2) is 4.39 Å². The number of ether oxygens (including phenoxy) is 1. The fourth-order valence-electron chi connectivity index (χ4n) is 2.92. The summed E-state index contributed by atoms with van der Waals surface area (Å²) in [6.45, 7) is 5.68. The number of likely N-dealkylation sites (tertiary alicyclic amines) is 1. The molecule has 1 aliphatic heterocycles. The third-order valence-electron chi connectivity index (χ3n) is 4.00. The van der Waals surface area contributed by atoms with Gasteiger partial charge in [0.05, 0.1) is 13.7 Å². The molecule has 20 heavy (non-hydrogen) atoms. The van der Waals surface area contributed by atoms with Gasteiger partial charge >= 0.3 is 0 Å². The molecular weight excluding hydrogens is 257 g/mol. The molecular formula is C16H22FNO2. The average molecular weight is 279 g/mol. The quantitative estimate of drug-likeness (QED) is 0.776. The highest BCUT2D eigenvalue weighted by Crippen LogP contribution is 2.24. The maximum atomic E-state index is 13.6. The van der Waals surface area contributed by atoms with Crippen molar-refractivity contribution in [2.24, 2.45) is 5.92 Å². The van der Waals surface area contributed by atoms with Crippen molar-refractivity contribution in [3.05, 3.63) is 29.6 Å². The Kier molecular flexibility index (Phi) is 4.76. The summed E-state index contributed by atoms with van der Waals surface area (Å²) in [5, 5.41) is 0. The SMILES string of the molecule is COc1ccc(C(=O)CN2CCCC2C(C)C)cc1F. The Labute approximate surface area is 119 Å². The number of hydrogen-bond donors (Lipinski definition) is 0. The number of carbonyl (C=O) groups is 1. The molecule has 4 heteroatoms. The number of hydrogen-bond acceptors (Lipinski definition) is 3. The standard InChI is InChI=1S/C16H22FNO2/c1-11(2)14-5-4-8-18(14)10-15(19)12-6-7-16(20-3)13(17)9-12/h6-7,9,11,14H,4-5,8,10H2,1-3H3. The van der Waals surface area contributed by atoms with Gasteiger partial charge in [0.2, 0.25) is 0 Å². The van der Waals surface area contributed by atoms with Gasteiger partial charge in [-0.15, -0.1) is 0 Å². The van der Waals surface area contributed by atoms with E-state index in [9.17, 15) is 9.18 Å². The highest BCUT2D eigenvalue weighted by atomic mass is 19.1. The van der Waals surface area contributed by atoms with E-state index in [0.29, 0.717) is 24.1 Å². The van der Waals surface area contributed by atoms with E-state index in [4.69, 9.17) is 4.74 Å². The van der Waals surface area contributed by atoms with Crippen molar-refractivity contribution in [3.63, 3.8) is 0 Å². The third kappa shape index (κ3) is 3.18. The van der Waals surface area contributed by atoms with Crippen molar-refractivity contribution in [2.75, 3.05) is 20.2 Å². The fourth-order valence-corrected chi connectivity index (χ4v) is 2.92. The molecule has 1 aromatic rings. The first-order valence-electron chi connectivity index (χ1n) is 7.13. The molecule has 2 rings (SSSR count). The summed E-state index contributed by atoms with van der Waals surface area (Å²) in [5.74, 6) is 0.194. The molecule has 1 aromatic carbocycles. The molecule has 0 radical (unpaired) electrons. The first-order valence-corrected chi connectivity index (χ1v) is 7.13. The molecule has 0 saturated carbocycles. The molecule has 1 heterocycles. The predicted octanol–water partition coefficient (Wildman–Crippen LogP) is 3.14. The molecule has 0 aromatic heterocycles. The topological polar surface area (TPSA) is 29.5 Å². The minimum absolute atomic E-state index is 0.0286. The maximum absolute atomic E-state index is 13.6. The zero-order valence-electron chi connectivity index (χ0n) is 12.4. The molecule has 110 valence electrons. The monoisotopic (exact) mass is 279 g/mol. The van der Waals surface area contributed by atoms with Gasteiger partial charge in [-0.3, -0.25) is 9.69 Å². The van der Waals surface area contributed by atoms with Gasteiger partial charge in [-0.2, -0.15) is 0 Å². The lowest BCUT2D eigenvalue weighted by Gasteiger charge is -2.26. The van der Waals surface area contributed by atoms with Crippen molar-refractivity contribution in [1.82, 2.24) is 4.90 Å². The number of benzene rings is 1. The van der Waals surface area contributed by atoms with Crippen molar-refractivity contribution in [2.45, 2.75) is 32.7 Å². The van der Waals surface area contributed by atoms with Crippen LogP contribution in [0.2, 0.25) is 0 Å². The van der Waals surface area contributed by atoms with Crippen LogP contribution in [0.4, 0.5) is 4.39 Å². The van der Waals surface area contributed by atoms with Crippen LogP contribution in [-0.2, 0) is 0 Å². The molecule has 0 bridgehead atoms. The van der Waals surface area contributed by atoms with Crippen LogP contribution in [0.15, 0.2) is 18.2 Å². The van der Waals surface area contributed by atoms with Gasteiger partial charge in [0.25, 0.3) is 0 Å². The molecule has 0 N–H and O–H groups in total. The van der Waals surface area contributed by atoms with E-state index in [-0.39, 0.29) is 11.5 Å². The van der Waals surface area contributed by atoms with E-state index in [2.05, 4.69) is 18.7 Å². The van der Waals surface area contributed by atoms with Crippen LogP contribution in [0, 0.1) is 11.7 Å². The van der Waals surface area contributed by atoms with Crippen molar-refractivity contribution < 1.29 is 13.9 Å². The molecule has 1 atom stereocenters. The highest BCUT2D eigenvalue weighted by molar-refractivity contribution is 5.97. The minimum Gasteiger partial charge on any atom is -0.494 e. The summed E-state index contributed by atoms with van der Waals surface area (Å²) in [5.41, 5.74) is 0.415. The number of ketones is 1. The van der Waals surface area contributed by atoms with Crippen LogP contribution in [0.3, 0.4) is 0 Å². The van der Waals surface area contributed by atoms with E-state index in [1.165, 1.54) is 19.2 Å². The van der Waals surface area contributed by atoms with Crippen LogP contribution in [0.1, 0.15) is 37.0 Å². The molecule has 0 spiro atoms. The van der Waals surface area contributed by atoms with Crippen LogP contribution in [0.25, 0.3) is 0 Å². The Bertz CT molecular complexity index is 487. The normalized spacial score (nSPS) is 19.6. The molecule has 0 aliphatic carbocycles. The lowest BCUT2D eigenvalue weighted by Crippen LogP contribution is -2.37. The van der Waals surface area contributed by atoms with E-state index >= 15 is 0 Å². The molecule has 1 aliphatic rings. The van der Waals surface area contributed by atoms with Gasteiger partial charge in [-0.05, 0) is 43.5 Å².